The van der Waals surface area contributed by atoms with Gasteiger partial charge in [-0.3, -0.25) is 0 Å². The minimum atomic E-state index is 0.206. The summed E-state index contributed by atoms with van der Waals surface area (Å²) in [5, 5.41) is 0.708. The van der Waals surface area contributed by atoms with Crippen LogP contribution in [0.1, 0.15) is 26.7 Å². The van der Waals surface area contributed by atoms with Gasteiger partial charge in [0.15, 0.2) is 0 Å². The molecule has 0 atom stereocenters. The first-order valence-corrected chi connectivity index (χ1v) is 6.00. The number of hydrogen-bond donors (Lipinski definition) is 1. The Bertz CT molecular complexity index is 325. The minimum Gasteiger partial charge on any atom is -0.494 e. The molecule has 0 aliphatic heterocycles. The van der Waals surface area contributed by atoms with Crippen LogP contribution in [0.2, 0.25) is 5.02 Å². The monoisotopic (exact) mass is 241 g/mol. The Balaban J connectivity index is 2.26. The van der Waals surface area contributed by atoms with Crippen LogP contribution in [0.15, 0.2) is 24.3 Å². The molecule has 0 heterocycles. The largest absolute Gasteiger partial charge is 0.494 e. The molecule has 0 bridgehead atoms. The molecule has 16 heavy (non-hydrogen) atoms. The molecule has 0 amide bonds. The quantitative estimate of drug-likeness (QED) is 0.774. The zero-order chi connectivity index (χ0) is 12.0. The summed E-state index contributed by atoms with van der Waals surface area (Å²) in [6.07, 6.45) is 2.08. The lowest BCUT2D eigenvalue weighted by Gasteiger charge is -2.21. The number of rotatable bonds is 6. The van der Waals surface area contributed by atoms with Gasteiger partial charge in [-0.05, 0) is 43.0 Å². The van der Waals surface area contributed by atoms with Crippen molar-refractivity contribution in [3.8, 4) is 5.75 Å². The molecule has 0 radical (unpaired) electrons. The van der Waals surface area contributed by atoms with Gasteiger partial charge in [-0.2, -0.15) is 0 Å². The van der Waals surface area contributed by atoms with Gasteiger partial charge in [0.2, 0.25) is 0 Å². The average Bonchev–Trinajstić information content (AvgIpc) is 2.25. The molecule has 1 aromatic carbocycles. The summed E-state index contributed by atoms with van der Waals surface area (Å²) in [4.78, 5) is 0. The van der Waals surface area contributed by atoms with Gasteiger partial charge in [0.05, 0.1) is 6.61 Å². The van der Waals surface area contributed by atoms with Crippen molar-refractivity contribution in [2.24, 2.45) is 11.1 Å². The molecular formula is C13H20ClNO. The molecule has 0 aromatic heterocycles. The number of halogens is 1. The molecule has 0 fully saturated rings. The third-order valence-corrected chi connectivity index (χ3v) is 2.85. The van der Waals surface area contributed by atoms with Crippen molar-refractivity contribution >= 4 is 11.6 Å². The highest BCUT2D eigenvalue weighted by molar-refractivity contribution is 6.30. The summed E-state index contributed by atoms with van der Waals surface area (Å²) in [6, 6.07) is 7.48. The van der Waals surface area contributed by atoms with Crippen molar-refractivity contribution in [1.82, 2.24) is 0 Å². The van der Waals surface area contributed by atoms with Crippen LogP contribution in [-0.2, 0) is 0 Å². The summed E-state index contributed by atoms with van der Waals surface area (Å²) in [6.45, 7) is 5.77. The van der Waals surface area contributed by atoms with Crippen molar-refractivity contribution < 1.29 is 4.74 Å². The summed E-state index contributed by atoms with van der Waals surface area (Å²) >= 11 is 5.86. The van der Waals surface area contributed by atoms with Crippen LogP contribution >= 0.6 is 11.6 Å². The van der Waals surface area contributed by atoms with Crippen LogP contribution in [-0.4, -0.2) is 13.2 Å². The molecule has 0 saturated heterocycles. The fraction of sp³-hybridized carbons (Fsp3) is 0.538. The Hall–Kier alpha value is -0.730. The van der Waals surface area contributed by atoms with E-state index in [9.17, 15) is 0 Å². The highest BCUT2D eigenvalue weighted by atomic mass is 35.5. The normalized spacial score (nSPS) is 11.5. The van der Waals surface area contributed by atoms with Crippen molar-refractivity contribution in [2.45, 2.75) is 26.7 Å². The Morgan fingerprint density at radius 1 is 1.38 bits per heavy atom. The first kappa shape index (κ1) is 13.3. The van der Waals surface area contributed by atoms with Crippen LogP contribution in [0.5, 0.6) is 5.75 Å². The van der Waals surface area contributed by atoms with Crippen LogP contribution in [0.4, 0.5) is 0 Å². The number of ether oxygens (including phenoxy) is 1. The lowest BCUT2D eigenvalue weighted by Crippen LogP contribution is -2.23. The Morgan fingerprint density at radius 2 is 2.12 bits per heavy atom. The van der Waals surface area contributed by atoms with Gasteiger partial charge in [0.25, 0.3) is 0 Å². The van der Waals surface area contributed by atoms with E-state index >= 15 is 0 Å². The first-order valence-electron chi connectivity index (χ1n) is 5.62. The van der Waals surface area contributed by atoms with Gasteiger partial charge < -0.3 is 10.5 Å². The number of benzene rings is 1. The summed E-state index contributed by atoms with van der Waals surface area (Å²) < 4.78 is 5.60. The van der Waals surface area contributed by atoms with Crippen molar-refractivity contribution in [3.63, 3.8) is 0 Å². The van der Waals surface area contributed by atoms with Gasteiger partial charge in [0, 0.05) is 5.02 Å². The number of hydrogen-bond acceptors (Lipinski definition) is 2. The lowest BCUT2D eigenvalue weighted by atomic mass is 9.88. The third-order valence-electron chi connectivity index (χ3n) is 2.62. The predicted molar refractivity (Wildman–Crippen MR) is 69.0 cm³/mol. The second-order valence-electron chi connectivity index (χ2n) is 4.78. The highest BCUT2D eigenvalue weighted by Crippen LogP contribution is 2.21. The second-order valence-corrected chi connectivity index (χ2v) is 5.21. The molecule has 2 nitrogen and oxygen atoms in total. The van der Waals surface area contributed by atoms with Gasteiger partial charge in [0.1, 0.15) is 5.75 Å². The van der Waals surface area contributed by atoms with E-state index in [1.54, 1.807) is 0 Å². The van der Waals surface area contributed by atoms with E-state index in [4.69, 9.17) is 22.1 Å². The smallest absolute Gasteiger partial charge is 0.120 e. The van der Waals surface area contributed by atoms with E-state index in [0.29, 0.717) is 18.2 Å². The van der Waals surface area contributed by atoms with Crippen LogP contribution in [0, 0.1) is 5.41 Å². The molecule has 0 aliphatic carbocycles. The molecule has 90 valence electrons. The van der Waals surface area contributed by atoms with Crippen LogP contribution < -0.4 is 10.5 Å². The Kier molecular flexibility index (Phi) is 5.10. The summed E-state index contributed by atoms with van der Waals surface area (Å²) in [5.74, 6) is 0.832. The van der Waals surface area contributed by atoms with E-state index in [2.05, 4.69) is 13.8 Å². The number of nitrogens with two attached hydrogens (primary N) is 1. The van der Waals surface area contributed by atoms with Gasteiger partial charge >= 0.3 is 0 Å². The van der Waals surface area contributed by atoms with Crippen LogP contribution in [0.25, 0.3) is 0 Å². The molecule has 0 spiro atoms. The average molecular weight is 242 g/mol. The van der Waals surface area contributed by atoms with Crippen LogP contribution in [0.3, 0.4) is 0 Å². The highest BCUT2D eigenvalue weighted by Gasteiger charge is 2.14. The molecule has 0 aliphatic rings. The zero-order valence-corrected chi connectivity index (χ0v) is 10.8. The fourth-order valence-electron chi connectivity index (χ4n) is 1.40. The molecule has 2 N–H and O–H groups in total. The van der Waals surface area contributed by atoms with E-state index in [1.165, 1.54) is 0 Å². The first-order chi connectivity index (χ1) is 7.53. The van der Waals surface area contributed by atoms with E-state index in [1.807, 2.05) is 24.3 Å². The van der Waals surface area contributed by atoms with Crippen molar-refractivity contribution in [1.29, 1.82) is 0 Å². The van der Waals surface area contributed by atoms with Gasteiger partial charge in [-0.25, -0.2) is 0 Å². The maximum absolute atomic E-state index is 5.86. The molecule has 1 aromatic rings. The summed E-state index contributed by atoms with van der Waals surface area (Å²) in [7, 11) is 0. The lowest BCUT2D eigenvalue weighted by molar-refractivity contribution is 0.261. The Labute approximate surface area is 103 Å². The van der Waals surface area contributed by atoms with Crippen molar-refractivity contribution in [2.75, 3.05) is 13.2 Å². The topological polar surface area (TPSA) is 35.2 Å². The molecule has 0 saturated carbocycles. The standard InChI is InChI=1S/C13H20ClNO/c1-13(2,10-15)7-4-8-16-12-6-3-5-11(14)9-12/h3,5-6,9H,4,7-8,10,15H2,1-2H3. The maximum atomic E-state index is 5.86. The predicted octanol–water partition coefficient (Wildman–Crippen LogP) is 3.48. The SMILES string of the molecule is CC(C)(CN)CCCOc1cccc(Cl)c1. The molecule has 1 rings (SSSR count). The van der Waals surface area contributed by atoms with E-state index in [0.717, 1.165) is 18.6 Å². The zero-order valence-electron chi connectivity index (χ0n) is 10.0. The molecule has 0 unspecified atom stereocenters. The maximum Gasteiger partial charge on any atom is 0.120 e. The Morgan fingerprint density at radius 3 is 2.75 bits per heavy atom. The molecular weight excluding hydrogens is 222 g/mol. The third kappa shape index (κ3) is 4.86. The summed E-state index contributed by atoms with van der Waals surface area (Å²) in [5.41, 5.74) is 5.87. The van der Waals surface area contributed by atoms with E-state index in [-0.39, 0.29) is 5.41 Å². The minimum absolute atomic E-state index is 0.206. The van der Waals surface area contributed by atoms with E-state index < -0.39 is 0 Å². The van der Waals surface area contributed by atoms with Crippen molar-refractivity contribution in [3.05, 3.63) is 29.3 Å². The second kappa shape index (κ2) is 6.12. The van der Waals surface area contributed by atoms with Gasteiger partial charge in [-0.1, -0.05) is 31.5 Å². The van der Waals surface area contributed by atoms with Gasteiger partial charge in [-0.15, -0.1) is 0 Å². The fourth-order valence-corrected chi connectivity index (χ4v) is 1.58. The molecule has 3 heteroatoms.